The van der Waals surface area contributed by atoms with Gasteiger partial charge < -0.3 is 0 Å². The van der Waals surface area contributed by atoms with Gasteiger partial charge in [-0.25, -0.2) is 0 Å². The zero-order chi connectivity index (χ0) is 12.2. The van der Waals surface area contributed by atoms with Gasteiger partial charge in [-0.15, -0.1) is 11.6 Å². The number of nitrogens with one attached hydrogen (secondary N) is 1. The molecule has 0 aliphatic heterocycles. The number of carbonyl (C=O) groups excluding carboxylic acids is 2. The lowest BCUT2D eigenvalue weighted by atomic mass is 9.81. The maximum Gasteiger partial charge on any atom is 0.187 e. The van der Waals surface area contributed by atoms with Crippen LogP contribution in [-0.2, 0) is 4.79 Å². The Hall–Kier alpha value is -1.68. The Morgan fingerprint density at radius 1 is 1.47 bits per heavy atom. The largest absolute Gasteiger partial charge is 0.292 e. The van der Waals surface area contributed by atoms with Crippen LogP contribution in [0.15, 0.2) is 17.7 Å². The number of carbonyl (C=O) groups is 2. The standard InChI is InChI=1S/C12H9ClN2O2/c1-5-10-11-6(7(13)2-3-8(11)16)4-9(17)12(10)15-14-5/h2-3,7H,4H2,1H3,(H,14,15). The SMILES string of the molecule is Cc1[nH]nc2c1C1=C(CC2=O)C(Cl)C=CC1=O. The third-order valence-electron chi connectivity index (χ3n) is 3.13. The molecule has 5 heteroatoms. The summed E-state index contributed by atoms with van der Waals surface area (Å²) in [4.78, 5) is 23.8. The van der Waals surface area contributed by atoms with Crippen molar-refractivity contribution in [2.75, 3.05) is 0 Å². The number of alkyl halides is 1. The summed E-state index contributed by atoms with van der Waals surface area (Å²) in [7, 11) is 0. The van der Waals surface area contributed by atoms with Gasteiger partial charge in [-0.05, 0) is 18.6 Å². The number of allylic oxidation sites excluding steroid dienone is 4. The molecule has 1 aromatic heterocycles. The molecule has 4 nitrogen and oxygen atoms in total. The van der Waals surface area contributed by atoms with Crippen molar-refractivity contribution in [2.45, 2.75) is 18.7 Å². The maximum atomic E-state index is 11.9. The molecule has 17 heavy (non-hydrogen) atoms. The molecular weight excluding hydrogens is 240 g/mol. The van der Waals surface area contributed by atoms with Crippen molar-refractivity contribution >= 4 is 28.7 Å². The number of H-pyrrole nitrogens is 1. The van der Waals surface area contributed by atoms with Gasteiger partial charge in [-0.2, -0.15) is 5.10 Å². The van der Waals surface area contributed by atoms with Gasteiger partial charge in [0.1, 0.15) is 5.69 Å². The van der Waals surface area contributed by atoms with Gasteiger partial charge in [0, 0.05) is 23.3 Å². The lowest BCUT2D eigenvalue weighted by molar-refractivity contribution is -0.109. The molecule has 2 aliphatic rings. The second-order valence-corrected chi connectivity index (χ2v) is 4.67. The normalized spacial score (nSPS) is 22.8. The van der Waals surface area contributed by atoms with E-state index in [1.165, 1.54) is 6.08 Å². The Balaban J connectivity index is 2.31. The molecule has 0 radical (unpaired) electrons. The van der Waals surface area contributed by atoms with Crippen molar-refractivity contribution in [2.24, 2.45) is 0 Å². The fourth-order valence-electron chi connectivity index (χ4n) is 2.33. The predicted octanol–water partition coefficient (Wildman–Crippen LogP) is 1.80. The number of halogens is 1. The number of aromatic nitrogens is 2. The zero-order valence-corrected chi connectivity index (χ0v) is 9.84. The summed E-state index contributed by atoms with van der Waals surface area (Å²) in [5, 5.41) is 6.33. The van der Waals surface area contributed by atoms with E-state index >= 15 is 0 Å². The van der Waals surface area contributed by atoms with Crippen LogP contribution in [0.3, 0.4) is 0 Å². The van der Waals surface area contributed by atoms with E-state index in [1.54, 1.807) is 13.0 Å². The summed E-state index contributed by atoms with van der Waals surface area (Å²) in [6.45, 7) is 1.80. The molecule has 86 valence electrons. The van der Waals surface area contributed by atoms with Crippen LogP contribution in [0.4, 0.5) is 0 Å². The first-order valence-corrected chi connectivity index (χ1v) is 5.71. The molecule has 2 aliphatic carbocycles. The van der Waals surface area contributed by atoms with Crippen LogP contribution >= 0.6 is 11.6 Å². The molecule has 1 atom stereocenters. The van der Waals surface area contributed by atoms with E-state index in [9.17, 15) is 9.59 Å². The van der Waals surface area contributed by atoms with Crippen molar-refractivity contribution in [3.05, 3.63) is 34.7 Å². The minimum absolute atomic E-state index is 0.0862. The average Bonchev–Trinajstić information content (AvgIpc) is 2.67. The number of Topliss-reactive ketones (excluding diaryl/α,β-unsaturated/α-hetero) is 1. The van der Waals surface area contributed by atoms with Gasteiger partial charge >= 0.3 is 0 Å². The summed E-state index contributed by atoms with van der Waals surface area (Å²) in [5.74, 6) is -0.188. The summed E-state index contributed by atoms with van der Waals surface area (Å²) in [6, 6.07) is 0. The van der Waals surface area contributed by atoms with E-state index in [-0.39, 0.29) is 23.4 Å². The molecule has 1 aromatic rings. The minimum Gasteiger partial charge on any atom is -0.292 e. The second-order valence-electron chi connectivity index (χ2n) is 4.20. The quantitative estimate of drug-likeness (QED) is 0.712. The van der Waals surface area contributed by atoms with Crippen LogP contribution in [0, 0.1) is 6.92 Å². The topological polar surface area (TPSA) is 62.8 Å². The number of hydrogen-bond acceptors (Lipinski definition) is 3. The number of aryl methyl sites for hydroxylation is 1. The monoisotopic (exact) mass is 248 g/mol. The van der Waals surface area contributed by atoms with E-state index in [1.807, 2.05) is 0 Å². The molecule has 0 aromatic carbocycles. The van der Waals surface area contributed by atoms with Crippen LogP contribution in [0.25, 0.3) is 5.57 Å². The van der Waals surface area contributed by atoms with Gasteiger partial charge in [0.05, 0.1) is 5.38 Å². The summed E-state index contributed by atoms with van der Waals surface area (Å²) in [6.07, 6.45) is 3.26. The smallest absolute Gasteiger partial charge is 0.187 e. The number of hydrogen-bond donors (Lipinski definition) is 1. The number of ketones is 2. The molecule has 1 unspecified atom stereocenters. The third-order valence-corrected chi connectivity index (χ3v) is 3.54. The highest BCUT2D eigenvalue weighted by atomic mass is 35.5. The van der Waals surface area contributed by atoms with Crippen molar-refractivity contribution < 1.29 is 9.59 Å². The third kappa shape index (κ3) is 1.34. The maximum absolute atomic E-state index is 11.9. The van der Waals surface area contributed by atoms with Crippen LogP contribution in [0.1, 0.15) is 28.2 Å². The number of aromatic amines is 1. The molecule has 0 saturated heterocycles. The number of fused-ring (bicyclic) bond motifs is 2. The molecule has 3 rings (SSSR count). The molecule has 0 saturated carbocycles. The van der Waals surface area contributed by atoms with Gasteiger partial charge in [0.15, 0.2) is 11.6 Å². The van der Waals surface area contributed by atoms with Crippen LogP contribution in [0.5, 0.6) is 0 Å². The second kappa shape index (κ2) is 3.40. The Morgan fingerprint density at radius 2 is 2.24 bits per heavy atom. The highest BCUT2D eigenvalue weighted by Gasteiger charge is 2.35. The van der Waals surface area contributed by atoms with E-state index in [4.69, 9.17) is 11.6 Å². The predicted molar refractivity (Wildman–Crippen MR) is 63.0 cm³/mol. The average molecular weight is 249 g/mol. The van der Waals surface area contributed by atoms with Crippen molar-refractivity contribution in [1.29, 1.82) is 0 Å². The molecule has 0 amide bonds. The zero-order valence-electron chi connectivity index (χ0n) is 9.08. The van der Waals surface area contributed by atoms with Crippen molar-refractivity contribution in [3.63, 3.8) is 0 Å². The first-order valence-electron chi connectivity index (χ1n) is 5.27. The Labute approximate surface area is 102 Å². The van der Waals surface area contributed by atoms with Gasteiger partial charge in [-0.1, -0.05) is 6.08 Å². The molecule has 0 fully saturated rings. The van der Waals surface area contributed by atoms with E-state index in [0.29, 0.717) is 22.4 Å². The van der Waals surface area contributed by atoms with Crippen LogP contribution in [-0.4, -0.2) is 27.1 Å². The molecule has 0 spiro atoms. The highest BCUT2D eigenvalue weighted by Crippen LogP contribution is 2.38. The number of nitrogens with zero attached hydrogens (tertiary/aromatic N) is 1. The molecule has 1 heterocycles. The fraction of sp³-hybridized carbons (Fsp3) is 0.250. The van der Waals surface area contributed by atoms with Crippen molar-refractivity contribution in [3.8, 4) is 0 Å². The Kier molecular flexibility index (Phi) is 2.10. The first-order chi connectivity index (χ1) is 8.09. The van der Waals surface area contributed by atoms with E-state index in [2.05, 4.69) is 10.2 Å². The van der Waals surface area contributed by atoms with Gasteiger partial charge in [0.25, 0.3) is 0 Å². The molecular formula is C12H9ClN2O2. The summed E-state index contributed by atoms with van der Waals surface area (Å²) < 4.78 is 0. The van der Waals surface area contributed by atoms with Gasteiger partial charge in [0.2, 0.25) is 0 Å². The summed E-state index contributed by atoms with van der Waals surface area (Å²) in [5.41, 5.74) is 2.95. The minimum atomic E-state index is -0.380. The van der Waals surface area contributed by atoms with Crippen LogP contribution < -0.4 is 0 Å². The first kappa shape index (κ1) is 10.5. The molecule has 0 bridgehead atoms. The van der Waals surface area contributed by atoms with Crippen molar-refractivity contribution in [1.82, 2.24) is 10.2 Å². The summed E-state index contributed by atoms with van der Waals surface area (Å²) >= 11 is 6.13. The Morgan fingerprint density at radius 3 is 3.00 bits per heavy atom. The highest BCUT2D eigenvalue weighted by molar-refractivity contribution is 6.36. The van der Waals surface area contributed by atoms with Crippen LogP contribution in [0.2, 0.25) is 0 Å². The fourth-order valence-corrected chi connectivity index (χ4v) is 2.59. The lowest BCUT2D eigenvalue weighted by Gasteiger charge is -2.23. The van der Waals surface area contributed by atoms with E-state index < -0.39 is 0 Å². The molecule has 1 N–H and O–H groups in total. The lowest BCUT2D eigenvalue weighted by Crippen LogP contribution is -2.22. The Bertz CT molecular complexity index is 610. The van der Waals surface area contributed by atoms with E-state index in [0.717, 1.165) is 5.69 Å². The number of rotatable bonds is 0. The van der Waals surface area contributed by atoms with Gasteiger partial charge in [-0.3, -0.25) is 14.7 Å².